The summed E-state index contributed by atoms with van der Waals surface area (Å²) >= 11 is 0. The lowest BCUT2D eigenvalue weighted by atomic mass is 9.97. The molecule has 0 aliphatic carbocycles. The Kier molecular flexibility index (Phi) is 6.24. The summed E-state index contributed by atoms with van der Waals surface area (Å²) in [5, 5.41) is 19.6. The van der Waals surface area contributed by atoms with E-state index in [4.69, 9.17) is 14.6 Å². The SMILES string of the molecule is COc1ccc(C(O)CCN2CCCC(C(=O)O)C2)c(OC)c1. The summed E-state index contributed by atoms with van der Waals surface area (Å²) in [7, 11) is 3.15. The number of carboxylic acids is 1. The molecule has 0 radical (unpaired) electrons. The summed E-state index contributed by atoms with van der Waals surface area (Å²) in [5.74, 6) is 0.250. The molecule has 1 aromatic rings. The van der Waals surface area contributed by atoms with Gasteiger partial charge in [0.05, 0.1) is 26.2 Å². The highest BCUT2D eigenvalue weighted by Crippen LogP contribution is 2.31. The molecular formula is C17H25NO5. The van der Waals surface area contributed by atoms with E-state index in [0.29, 0.717) is 31.0 Å². The number of ether oxygens (including phenoxy) is 2. The molecule has 2 rings (SSSR count). The van der Waals surface area contributed by atoms with Gasteiger partial charge in [-0.25, -0.2) is 0 Å². The molecule has 1 fully saturated rings. The molecule has 0 amide bonds. The van der Waals surface area contributed by atoms with Crippen molar-refractivity contribution in [3.8, 4) is 11.5 Å². The number of piperidine rings is 1. The fourth-order valence-electron chi connectivity index (χ4n) is 3.01. The molecule has 1 aromatic carbocycles. The van der Waals surface area contributed by atoms with Crippen molar-refractivity contribution in [1.29, 1.82) is 0 Å². The van der Waals surface area contributed by atoms with E-state index in [1.54, 1.807) is 32.4 Å². The van der Waals surface area contributed by atoms with E-state index >= 15 is 0 Å². The first kappa shape index (κ1) is 17.6. The van der Waals surface area contributed by atoms with Gasteiger partial charge in [0.2, 0.25) is 0 Å². The molecule has 2 atom stereocenters. The molecule has 2 unspecified atom stereocenters. The smallest absolute Gasteiger partial charge is 0.307 e. The lowest BCUT2D eigenvalue weighted by molar-refractivity contribution is -0.143. The highest BCUT2D eigenvalue weighted by Gasteiger charge is 2.25. The van der Waals surface area contributed by atoms with E-state index in [9.17, 15) is 9.90 Å². The number of nitrogens with zero attached hydrogens (tertiary/aromatic N) is 1. The fraction of sp³-hybridized carbons (Fsp3) is 0.588. The number of benzene rings is 1. The van der Waals surface area contributed by atoms with Gasteiger partial charge in [-0.05, 0) is 37.9 Å². The first-order valence-corrected chi connectivity index (χ1v) is 7.90. The summed E-state index contributed by atoms with van der Waals surface area (Å²) in [6.07, 6.45) is 1.51. The van der Waals surface area contributed by atoms with E-state index in [2.05, 4.69) is 4.90 Å². The zero-order valence-corrected chi connectivity index (χ0v) is 13.7. The van der Waals surface area contributed by atoms with Crippen molar-refractivity contribution in [2.45, 2.75) is 25.4 Å². The van der Waals surface area contributed by atoms with Crippen LogP contribution >= 0.6 is 0 Å². The quantitative estimate of drug-likeness (QED) is 0.798. The Morgan fingerprint density at radius 3 is 2.83 bits per heavy atom. The monoisotopic (exact) mass is 323 g/mol. The normalized spacial score (nSPS) is 20.0. The standard InChI is InChI=1S/C17H25NO5/c1-22-13-5-6-14(16(10-13)23-2)15(19)7-9-18-8-3-4-12(11-18)17(20)21/h5-6,10,12,15,19H,3-4,7-9,11H2,1-2H3,(H,20,21). The van der Waals surface area contributed by atoms with Crippen molar-refractivity contribution in [2.24, 2.45) is 5.92 Å². The largest absolute Gasteiger partial charge is 0.497 e. The first-order valence-electron chi connectivity index (χ1n) is 7.90. The van der Waals surface area contributed by atoms with Crippen molar-refractivity contribution < 1.29 is 24.5 Å². The number of hydrogen-bond acceptors (Lipinski definition) is 5. The minimum atomic E-state index is -0.730. The number of aliphatic hydroxyl groups is 1. The van der Waals surface area contributed by atoms with Crippen molar-refractivity contribution >= 4 is 5.97 Å². The number of carbonyl (C=O) groups is 1. The number of rotatable bonds is 7. The molecule has 2 N–H and O–H groups in total. The van der Waals surface area contributed by atoms with Gasteiger partial charge in [-0.15, -0.1) is 0 Å². The molecule has 128 valence electrons. The van der Waals surface area contributed by atoms with E-state index < -0.39 is 12.1 Å². The van der Waals surface area contributed by atoms with Crippen molar-refractivity contribution in [2.75, 3.05) is 33.9 Å². The van der Waals surface area contributed by atoms with Gasteiger partial charge in [-0.1, -0.05) is 0 Å². The molecule has 0 spiro atoms. The Bertz CT molecular complexity index is 534. The minimum Gasteiger partial charge on any atom is -0.497 e. The van der Waals surface area contributed by atoms with E-state index in [-0.39, 0.29) is 5.92 Å². The van der Waals surface area contributed by atoms with Crippen LogP contribution in [-0.2, 0) is 4.79 Å². The number of carboxylic acid groups (broad SMARTS) is 1. The molecule has 6 heteroatoms. The molecule has 0 aromatic heterocycles. The molecule has 23 heavy (non-hydrogen) atoms. The predicted octanol–water partition coefficient (Wildman–Crippen LogP) is 1.92. The molecule has 1 heterocycles. The maximum atomic E-state index is 11.1. The van der Waals surface area contributed by atoms with Gasteiger partial charge >= 0.3 is 5.97 Å². The fourth-order valence-corrected chi connectivity index (χ4v) is 3.01. The van der Waals surface area contributed by atoms with Crippen LogP contribution in [0.2, 0.25) is 0 Å². The van der Waals surface area contributed by atoms with Gasteiger partial charge in [0.1, 0.15) is 11.5 Å². The third kappa shape index (κ3) is 4.59. The third-order valence-corrected chi connectivity index (χ3v) is 4.37. The summed E-state index contributed by atoms with van der Waals surface area (Å²) in [4.78, 5) is 13.2. The Morgan fingerprint density at radius 2 is 2.17 bits per heavy atom. The van der Waals surface area contributed by atoms with Crippen molar-refractivity contribution in [3.05, 3.63) is 23.8 Å². The number of aliphatic hydroxyl groups excluding tert-OH is 1. The van der Waals surface area contributed by atoms with Gasteiger partial charge in [0.25, 0.3) is 0 Å². The first-order chi connectivity index (χ1) is 11.0. The van der Waals surface area contributed by atoms with E-state index in [0.717, 1.165) is 24.9 Å². The van der Waals surface area contributed by atoms with Crippen LogP contribution in [0.4, 0.5) is 0 Å². The van der Waals surface area contributed by atoms with Crippen LogP contribution in [0.1, 0.15) is 30.9 Å². The lowest BCUT2D eigenvalue weighted by Gasteiger charge is -2.31. The van der Waals surface area contributed by atoms with E-state index in [1.807, 2.05) is 0 Å². The maximum absolute atomic E-state index is 11.1. The predicted molar refractivity (Wildman–Crippen MR) is 85.9 cm³/mol. The number of likely N-dealkylation sites (tertiary alicyclic amines) is 1. The molecule has 1 saturated heterocycles. The molecule has 1 aliphatic heterocycles. The van der Waals surface area contributed by atoms with Crippen LogP contribution in [0.15, 0.2) is 18.2 Å². The average Bonchev–Trinajstić information content (AvgIpc) is 2.59. The van der Waals surface area contributed by atoms with Gasteiger partial charge in [-0.3, -0.25) is 4.79 Å². The minimum absolute atomic E-state index is 0.295. The van der Waals surface area contributed by atoms with Gasteiger partial charge < -0.3 is 24.6 Å². The average molecular weight is 323 g/mol. The summed E-state index contributed by atoms with van der Waals surface area (Å²) < 4.78 is 10.5. The zero-order chi connectivity index (χ0) is 16.8. The van der Waals surface area contributed by atoms with Crippen LogP contribution in [0, 0.1) is 5.92 Å². The molecule has 0 bridgehead atoms. The maximum Gasteiger partial charge on any atom is 0.307 e. The Morgan fingerprint density at radius 1 is 1.39 bits per heavy atom. The van der Waals surface area contributed by atoms with Crippen molar-refractivity contribution in [1.82, 2.24) is 4.90 Å². The van der Waals surface area contributed by atoms with Crippen LogP contribution in [0.25, 0.3) is 0 Å². The number of methoxy groups -OCH3 is 2. The Hall–Kier alpha value is -1.79. The highest BCUT2D eigenvalue weighted by molar-refractivity contribution is 5.70. The number of aliphatic carboxylic acids is 1. The third-order valence-electron chi connectivity index (χ3n) is 4.37. The molecular weight excluding hydrogens is 298 g/mol. The molecule has 0 saturated carbocycles. The van der Waals surface area contributed by atoms with Crippen LogP contribution in [-0.4, -0.2) is 54.9 Å². The van der Waals surface area contributed by atoms with Crippen LogP contribution in [0.3, 0.4) is 0 Å². The Balaban J connectivity index is 1.94. The second kappa shape index (κ2) is 8.17. The summed E-state index contributed by atoms with van der Waals surface area (Å²) in [6.45, 7) is 2.11. The second-order valence-corrected chi connectivity index (χ2v) is 5.89. The lowest BCUT2D eigenvalue weighted by Crippen LogP contribution is -2.39. The molecule has 1 aliphatic rings. The highest BCUT2D eigenvalue weighted by atomic mass is 16.5. The van der Waals surface area contributed by atoms with Gasteiger partial charge in [0.15, 0.2) is 0 Å². The second-order valence-electron chi connectivity index (χ2n) is 5.89. The van der Waals surface area contributed by atoms with Gasteiger partial charge in [0, 0.05) is 24.7 Å². The summed E-state index contributed by atoms with van der Waals surface area (Å²) in [6, 6.07) is 5.35. The Labute approximate surface area is 136 Å². The van der Waals surface area contributed by atoms with Gasteiger partial charge in [-0.2, -0.15) is 0 Å². The number of hydrogen-bond donors (Lipinski definition) is 2. The van der Waals surface area contributed by atoms with Crippen LogP contribution < -0.4 is 9.47 Å². The zero-order valence-electron chi connectivity index (χ0n) is 13.7. The van der Waals surface area contributed by atoms with Crippen molar-refractivity contribution in [3.63, 3.8) is 0 Å². The van der Waals surface area contributed by atoms with E-state index in [1.165, 1.54) is 0 Å². The topological polar surface area (TPSA) is 79.2 Å². The van der Waals surface area contributed by atoms with Crippen LogP contribution in [0.5, 0.6) is 11.5 Å². The molecule has 6 nitrogen and oxygen atoms in total. The summed E-state index contributed by atoms with van der Waals surface area (Å²) in [5.41, 5.74) is 0.722.